The third-order valence-corrected chi connectivity index (χ3v) is 6.26. The molecule has 0 saturated carbocycles. The van der Waals surface area contributed by atoms with Gasteiger partial charge in [0, 0.05) is 32.1 Å². The zero-order chi connectivity index (χ0) is 25.9. The Balaban J connectivity index is 1.66. The van der Waals surface area contributed by atoms with Crippen LogP contribution in [0.4, 0.5) is 16.2 Å². The first-order valence-corrected chi connectivity index (χ1v) is 11.9. The van der Waals surface area contributed by atoms with Gasteiger partial charge in [-0.05, 0) is 48.0 Å². The number of halogens is 1. The van der Waals surface area contributed by atoms with Crippen molar-refractivity contribution in [1.82, 2.24) is 20.3 Å². The van der Waals surface area contributed by atoms with E-state index in [0.717, 1.165) is 17.7 Å². The third-order valence-electron chi connectivity index (χ3n) is 6.26. The van der Waals surface area contributed by atoms with Gasteiger partial charge in [0.05, 0.1) is 31.5 Å². The number of hydrogen-bond acceptors (Lipinski definition) is 8. The predicted octanol–water partition coefficient (Wildman–Crippen LogP) is 3.96. The summed E-state index contributed by atoms with van der Waals surface area (Å²) in [6.07, 6.45) is 0. The first-order valence-electron chi connectivity index (χ1n) is 11.9. The molecule has 1 fully saturated rings. The molecule has 0 radical (unpaired) electrons. The van der Waals surface area contributed by atoms with Gasteiger partial charge in [-0.25, -0.2) is 14.4 Å². The molecular formula is C27H27FN6O3. The van der Waals surface area contributed by atoms with Gasteiger partial charge in [-0.15, -0.1) is 0 Å². The first-order chi connectivity index (χ1) is 18.0. The van der Waals surface area contributed by atoms with Crippen molar-refractivity contribution >= 4 is 28.7 Å². The van der Waals surface area contributed by atoms with Crippen LogP contribution in [0.25, 0.3) is 22.3 Å². The molecule has 1 saturated heterocycles. The molecule has 1 amide bonds. The number of hydrogen-bond donors (Lipinski definition) is 2. The summed E-state index contributed by atoms with van der Waals surface area (Å²) in [7, 11) is 3.18. The number of carbonyl (C=O) groups is 1. The molecule has 1 unspecified atom stereocenters. The van der Waals surface area contributed by atoms with Crippen molar-refractivity contribution in [3.8, 4) is 22.8 Å². The van der Waals surface area contributed by atoms with Gasteiger partial charge in [0.15, 0.2) is 17.3 Å². The molecule has 9 nitrogen and oxygen atoms in total. The van der Waals surface area contributed by atoms with E-state index in [9.17, 15) is 9.18 Å². The lowest BCUT2D eigenvalue weighted by Gasteiger charge is -2.37. The maximum Gasteiger partial charge on any atom is 0.232 e. The number of methoxy groups -OCH3 is 2. The minimum Gasteiger partial charge on any atom is -0.493 e. The minimum atomic E-state index is -0.291. The quantitative estimate of drug-likeness (QED) is 0.409. The van der Waals surface area contributed by atoms with Crippen molar-refractivity contribution in [3.63, 3.8) is 0 Å². The summed E-state index contributed by atoms with van der Waals surface area (Å²) < 4.78 is 24.5. The Bertz CT molecular complexity index is 1450. The van der Waals surface area contributed by atoms with E-state index in [1.807, 2.05) is 30.3 Å². The Morgan fingerprint density at radius 1 is 1.03 bits per heavy atom. The molecule has 2 aromatic heterocycles. The van der Waals surface area contributed by atoms with Crippen LogP contribution in [-0.2, 0) is 4.79 Å². The number of fused-ring (bicyclic) bond motifs is 1. The fraction of sp³-hybridized carbons (Fsp3) is 0.259. The fourth-order valence-electron chi connectivity index (χ4n) is 4.51. The molecule has 4 aromatic rings. The molecule has 10 heteroatoms. The molecule has 2 aromatic carbocycles. The Morgan fingerprint density at radius 3 is 2.54 bits per heavy atom. The average Bonchev–Trinajstić information content (AvgIpc) is 2.92. The van der Waals surface area contributed by atoms with Crippen LogP contribution < -0.4 is 25.0 Å². The van der Waals surface area contributed by atoms with Crippen molar-refractivity contribution in [2.75, 3.05) is 44.1 Å². The maximum absolute atomic E-state index is 13.6. The summed E-state index contributed by atoms with van der Waals surface area (Å²) in [4.78, 5) is 28.2. The number of carbonyl (C=O) groups excluding carboxylic acids is 1. The van der Waals surface area contributed by atoms with Crippen molar-refractivity contribution in [3.05, 3.63) is 66.0 Å². The van der Waals surface area contributed by atoms with E-state index < -0.39 is 0 Å². The predicted molar refractivity (Wildman–Crippen MR) is 140 cm³/mol. The number of aromatic nitrogens is 3. The van der Waals surface area contributed by atoms with Crippen molar-refractivity contribution in [2.24, 2.45) is 0 Å². The van der Waals surface area contributed by atoms with E-state index in [4.69, 9.17) is 19.4 Å². The van der Waals surface area contributed by atoms with Crippen LogP contribution in [0, 0.1) is 5.82 Å². The summed E-state index contributed by atoms with van der Waals surface area (Å²) in [6.45, 7) is 3.42. The molecule has 2 N–H and O–H groups in total. The average molecular weight is 503 g/mol. The molecule has 0 aliphatic carbocycles. The van der Waals surface area contributed by atoms with Gasteiger partial charge < -0.3 is 19.7 Å². The lowest BCUT2D eigenvalue weighted by Crippen LogP contribution is -2.46. The largest absolute Gasteiger partial charge is 0.493 e. The van der Waals surface area contributed by atoms with Crippen molar-refractivity contribution in [2.45, 2.75) is 13.0 Å². The summed E-state index contributed by atoms with van der Waals surface area (Å²) in [5.74, 6) is 1.45. The number of nitrogens with one attached hydrogen (secondary N) is 2. The molecule has 37 heavy (non-hydrogen) atoms. The zero-order valence-corrected chi connectivity index (χ0v) is 20.8. The molecule has 3 heterocycles. The lowest BCUT2D eigenvalue weighted by molar-refractivity contribution is -0.114. The van der Waals surface area contributed by atoms with Crippen LogP contribution in [0.2, 0.25) is 0 Å². The van der Waals surface area contributed by atoms with E-state index in [0.29, 0.717) is 47.1 Å². The Labute approximate surface area is 213 Å². The minimum absolute atomic E-state index is 0.121. The van der Waals surface area contributed by atoms with Crippen molar-refractivity contribution in [1.29, 1.82) is 0 Å². The number of benzene rings is 2. The topological polar surface area (TPSA) is 102 Å². The number of ether oxygens (including phenoxy) is 2. The summed E-state index contributed by atoms with van der Waals surface area (Å²) >= 11 is 0. The van der Waals surface area contributed by atoms with E-state index in [-0.39, 0.29) is 23.7 Å². The maximum atomic E-state index is 13.6. The SMILES string of the molecule is COc1ccc(-c2ccc3nc(NC(C)=O)nc(N4CCNCC4c4ccc(F)cc4)c3n2)cc1OC. The van der Waals surface area contributed by atoms with Crippen LogP contribution in [0.3, 0.4) is 0 Å². The van der Waals surface area contributed by atoms with Crippen molar-refractivity contribution < 1.29 is 18.7 Å². The van der Waals surface area contributed by atoms with Gasteiger partial charge >= 0.3 is 0 Å². The van der Waals surface area contributed by atoms with Crippen LogP contribution in [0.15, 0.2) is 54.6 Å². The van der Waals surface area contributed by atoms with Gasteiger partial charge in [-0.2, -0.15) is 4.98 Å². The molecule has 1 aliphatic heterocycles. The number of nitrogens with zero attached hydrogens (tertiary/aromatic N) is 4. The fourth-order valence-corrected chi connectivity index (χ4v) is 4.51. The highest BCUT2D eigenvalue weighted by Crippen LogP contribution is 2.35. The summed E-state index contributed by atoms with van der Waals surface area (Å²) in [5, 5.41) is 6.11. The number of amides is 1. The summed E-state index contributed by atoms with van der Waals surface area (Å²) in [5.41, 5.74) is 3.67. The molecule has 1 aliphatic rings. The Hall–Kier alpha value is -4.31. The Kier molecular flexibility index (Phi) is 6.82. The molecule has 1 atom stereocenters. The zero-order valence-electron chi connectivity index (χ0n) is 20.8. The first kappa shape index (κ1) is 24.4. The second kappa shape index (κ2) is 10.4. The van der Waals surface area contributed by atoms with E-state index in [1.54, 1.807) is 26.4 Å². The second-order valence-electron chi connectivity index (χ2n) is 8.65. The number of rotatable bonds is 6. The number of anilines is 2. The van der Waals surface area contributed by atoms with E-state index >= 15 is 0 Å². The Morgan fingerprint density at radius 2 is 1.81 bits per heavy atom. The molecular weight excluding hydrogens is 475 g/mol. The normalized spacial score (nSPS) is 15.5. The van der Waals surface area contributed by atoms with E-state index in [1.165, 1.54) is 19.1 Å². The molecule has 5 rings (SSSR count). The smallest absolute Gasteiger partial charge is 0.232 e. The van der Waals surface area contributed by atoms with Crippen LogP contribution in [0.1, 0.15) is 18.5 Å². The number of piperazine rings is 1. The highest BCUT2D eigenvalue weighted by molar-refractivity contribution is 5.92. The van der Waals surface area contributed by atoms with Gasteiger partial charge in [-0.3, -0.25) is 10.1 Å². The van der Waals surface area contributed by atoms with Gasteiger partial charge in [0.1, 0.15) is 11.3 Å². The highest BCUT2D eigenvalue weighted by atomic mass is 19.1. The standard InChI is InChI=1S/C27H27FN6O3/c1-16(35)30-27-32-21-10-9-20(18-6-11-23(36-2)24(14-18)37-3)31-25(21)26(33-27)34-13-12-29-15-22(34)17-4-7-19(28)8-5-17/h4-11,14,22,29H,12-13,15H2,1-3H3,(H,30,32,33,35). The van der Waals surface area contributed by atoms with Crippen LogP contribution in [-0.4, -0.2) is 54.7 Å². The van der Waals surface area contributed by atoms with Gasteiger partial charge in [0.25, 0.3) is 0 Å². The molecule has 0 spiro atoms. The lowest BCUT2D eigenvalue weighted by atomic mass is 10.0. The van der Waals surface area contributed by atoms with Crippen LogP contribution >= 0.6 is 0 Å². The summed E-state index contributed by atoms with van der Waals surface area (Å²) in [6, 6.07) is 15.7. The number of pyridine rings is 1. The third kappa shape index (κ3) is 5.01. The van der Waals surface area contributed by atoms with Crippen LogP contribution in [0.5, 0.6) is 11.5 Å². The molecule has 0 bridgehead atoms. The highest BCUT2D eigenvalue weighted by Gasteiger charge is 2.28. The monoisotopic (exact) mass is 502 g/mol. The van der Waals surface area contributed by atoms with Gasteiger partial charge in [-0.1, -0.05) is 12.1 Å². The van der Waals surface area contributed by atoms with Gasteiger partial charge in [0.2, 0.25) is 11.9 Å². The molecule has 190 valence electrons. The second-order valence-corrected chi connectivity index (χ2v) is 8.65. The van der Waals surface area contributed by atoms with E-state index in [2.05, 4.69) is 20.5 Å².